The summed E-state index contributed by atoms with van der Waals surface area (Å²) in [5, 5.41) is 12.2. The van der Waals surface area contributed by atoms with Crippen LogP contribution in [-0.4, -0.2) is 40.3 Å². The van der Waals surface area contributed by atoms with Gasteiger partial charge in [0.25, 0.3) is 0 Å². The molecule has 0 amide bonds. The maximum absolute atomic E-state index is 8.81. The largest absolute Gasteiger partial charge is 0.481 e. The number of pyridine rings is 1. The van der Waals surface area contributed by atoms with Crippen molar-refractivity contribution in [1.82, 2.24) is 15.0 Å². The van der Waals surface area contributed by atoms with E-state index in [2.05, 4.69) is 20.3 Å². The third-order valence-electron chi connectivity index (χ3n) is 2.48. The number of aliphatic hydroxyl groups excluding tert-OH is 1. The van der Waals surface area contributed by atoms with Crippen molar-refractivity contribution in [2.24, 2.45) is 0 Å². The highest BCUT2D eigenvalue weighted by molar-refractivity contribution is 6.33. The van der Waals surface area contributed by atoms with Gasteiger partial charge in [-0.05, 0) is 0 Å². The van der Waals surface area contributed by atoms with Gasteiger partial charge < -0.3 is 20.9 Å². The molecule has 0 fully saturated rings. The summed E-state index contributed by atoms with van der Waals surface area (Å²) >= 11 is 6.12. The standard InChI is InChI=1S/C12H14ClN5O2/c1-20-11-4-7(8(13)6-16-11)9-5-10(15-2-3-19)18-12(14)17-9/h4-6,19H,2-3H2,1H3,(H3,14,15,17,18). The first kappa shape index (κ1) is 14.3. The number of ether oxygens (including phenoxy) is 1. The van der Waals surface area contributed by atoms with Crippen LogP contribution in [0.4, 0.5) is 11.8 Å². The van der Waals surface area contributed by atoms with Gasteiger partial charge in [-0.15, -0.1) is 0 Å². The number of hydrogen-bond acceptors (Lipinski definition) is 7. The number of nitrogens with zero attached hydrogens (tertiary/aromatic N) is 3. The molecule has 0 aliphatic carbocycles. The number of halogens is 1. The maximum Gasteiger partial charge on any atom is 0.222 e. The number of aromatic nitrogens is 3. The lowest BCUT2D eigenvalue weighted by molar-refractivity contribution is 0.311. The molecule has 0 aliphatic rings. The molecule has 20 heavy (non-hydrogen) atoms. The zero-order chi connectivity index (χ0) is 14.5. The molecule has 0 saturated heterocycles. The maximum atomic E-state index is 8.81. The van der Waals surface area contributed by atoms with Crippen LogP contribution in [0.5, 0.6) is 5.88 Å². The Morgan fingerprint density at radius 2 is 2.20 bits per heavy atom. The Morgan fingerprint density at radius 1 is 1.40 bits per heavy atom. The third-order valence-corrected chi connectivity index (χ3v) is 2.78. The van der Waals surface area contributed by atoms with Crippen LogP contribution < -0.4 is 15.8 Å². The highest BCUT2D eigenvalue weighted by atomic mass is 35.5. The summed E-state index contributed by atoms with van der Waals surface area (Å²) in [4.78, 5) is 12.2. The van der Waals surface area contributed by atoms with Crippen LogP contribution in [0.1, 0.15) is 0 Å². The zero-order valence-electron chi connectivity index (χ0n) is 10.8. The van der Waals surface area contributed by atoms with Crippen LogP contribution in [0.25, 0.3) is 11.3 Å². The van der Waals surface area contributed by atoms with Crippen molar-refractivity contribution in [3.05, 3.63) is 23.4 Å². The molecule has 0 spiro atoms. The zero-order valence-corrected chi connectivity index (χ0v) is 11.6. The Bertz CT molecular complexity index is 608. The lowest BCUT2D eigenvalue weighted by Gasteiger charge is -2.09. The fourth-order valence-electron chi connectivity index (χ4n) is 1.61. The minimum absolute atomic E-state index is 0.0108. The Balaban J connectivity index is 2.43. The number of methoxy groups -OCH3 is 1. The Kier molecular flexibility index (Phi) is 4.54. The SMILES string of the molecule is COc1cc(-c2cc(NCCO)nc(N)n2)c(Cl)cn1. The average Bonchev–Trinajstić information content (AvgIpc) is 2.45. The topological polar surface area (TPSA) is 106 Å². The number of hydrogen-bond donors (Lipinski definition) is 3. The van der Waals surface area contributed by atoms with E-state index in [1.54, 1.807) is 12.1 Å². The van der Waals surface area contributed by atoms with Crippen molar-refractivity contribution in [2.45, 2.75) is 0 Å². The predicted molar refractivity (Wildman–Crippen MR) is 76.8 cm³/mol. The first-order valence-corrected chi connectivity index (χ1v) is 6.21. The summed E-state index contributed by atoms with van der Waals surface area (Å²) in [6.45, 7) is 0.354. The van der Waals surface area contributed by atoms with Crippen LogP contribution >= 0.6 is 11.6 Å². The minimum atomic E-state index is -0.0108. The van der Waals surface area contributed by atoms with Crippen molar-refractivity contribution < 1.29 is 9.84 Å². The monoisotopic (exact) mass is 295 g/mol. The summed E-state index contributed by atoms with van der Waals surface area (Å²) in [7, 11) is 1.52. The lowest BCUT2D eigenvalue weighted by atomic mass is 10.2. The number of nitrogens with one attached hydrogen (secondary N) is 1. The molecule has 106 valence electrons. The Hall–Kier alpha value is -2.12. The van der Waals surface area contributed by atoms with Gasteiger partial charge in [0, 0.05) is 24.2 Å². The van der Waals surface area contributed by atoms with Gasteiger partial charge in [-0.1, -0.05) is 11.6 Å². The molecule has 0 aromatic carbocycles. The molecule has 8 heteroatoms. The summed E-state index contributed by atoms with van der Waals surface area (Å²) in [5.74, 6) is 1.04. The number of rotatable bonds is 5. The molecule has 4 N–H and O–H groups in total. The predicted octanol–water partition coefficient (Wildman–Crippen LogP) is 1.19. The second kappa shape index (κ2) is 6.36. The lowest BCUT2D eigenvalue weighted by Crippen LogP contribution is -2.09. The van der Waals surface area contributed by atoms with E-state index in [9.17, 15) is 0 Å². The molecule has 0 radical (unpaired) electrons. The van der Waals surface area contributed by atoms with Crippen LogP contribution in [0, 0.1) is 0 Å². The van der Waals surface area contributed by atoms with Crippen molar-refractivity contribution in [2.75, 3.05) is 31.3 Å². The van der Waals surface area contributed by atoms with Gasteiger partial charge in [0.15, 0.2) is 0 Å². The fourth-order valence-corrected chi connectivity index (χ4v) is 1.81. The number of anilines is 2. The van der Waals surface area contributed by atoms with Gasteiger partial charge in [0.1, 0.15) is 5.82 Å². The third kappa shape index (κ3) is 3.25. The minimum Gasteiger partial charge on any atom is -0.481 e. The number of nitrogen functional groups attached to an aromatic ring is 1. The van der Waals surface area contributed by atoms with Crippen molar-refractivity contribution >= 4 is 23.4 Å². The van der Waals surface area contributed by atoms with Crippen LogP contribution in [-0.2, 0) is 0 Å². The molecular weight excluding hydrogens is 282 g/mol. The van der Waals surface area contributed by atoms with E-state index >= 15 is 0 Å². The summed E-state index contributed by atoms with van der Waals surface area (Å²) < 4.78 is 5.06. The first-order chi connectivity index (χ1) is 9.63. The summed E-state index contributed by atoms with van der Waals surface area (Å²) in [6, 6.07) is 3.35. The molecule has 2 rings (SSSR count). The van der Waals surface area contributed by atoms with E-state index < -0.39 is 0 Å². The van der Waals surface area contributed by atoms with Gasteiger partial charge in [-0.25, -0.2) is 9.97 Å². The fraction of sp³-hybridized carbons (Fsp3) is 0.250. The summed E-state index contributed by atoms with van der Waals surface area (Å²) in [5.41, 5.74) is 6.86. The molecular formula is C12H14ClN5O2. The van der Waals surface area contributed by atoms with Gasteiger partial charge >= 0.3 is 0 Å². The van der Waals surface area contributed by atoms with Gasteiger partial charge in [-0.2, -0.15) is 4.98 Å². The first-order valence-electron chi connectivity index (χ1n) is 5.83. The van der Waals surface area contributed by atoms with E-state index in [-0.39, 0.29) is 12.6 Å². The van der Waals surface area contributed by atoms with Gasteiger partial charge in [0.2, 0.25) is 11.8 Å². The van der Waals surface area contributed by atoms with Crippen LogP contribution in [0.15, 0.2) is 18.3 Å². The molecule has 0 unspecified atom stereocenters. The van der Waals surface area contributed by atoms with E-state index in [0.717, 1.165) is 0 Å². The van der Waals surface area contributed by atoms with E-state index in [0.29, 0.717) is 34.5 Å². The quantitative estimate of drug-likeness (QED) is 0.760. The van der Waals surface area contributed by atoms with E-state index in [1.807, 2.05) is 0 Å². The highest BCUT2D eigenvalue weighted by Gasteiger charge is 2.10. The second-order valence-electron chi connectivity index (χ2n) is 3.85. The molecule has 2 heterocycles. The Morgan fingerprint density at radius 3 is 2.90 bits per heavy atom. The molecule has 0 atom stereocenters. The van der Waals surface area contributed by atoms with Crippen molar-refractivity contribution in [3.63, 3.8) is 0 Å². The molecule has 0 bridgehead atoms. The molecule has 0 saturated carbocycles. The normalized spacial score (nSPS) is 10.3. The molecule has 0 aliphatic heterocycles. The molecule has 2 aromatic rings. The van der Waals surface area contributed by atoms with Gasteiger partial charge in [-0.3, -0.25) is 0 Å². The molecule has 2 aromatic heterocycles. The van der Waals surface area contributed by atoms with Crippen LogP contribution in [0.2, 0.25) is 5.02 Å². The van der Waals surface area contributed by atoms with Gasteiger partial charge in [0.05, 0.1) is 30.6 Å². The van der Waals surface area contributed by atoms with E-state index in [4.69, 9.17) is 27.2 Å². The average molecular weight is 296 g/mol. The second-order valence-corrected chi connectivity index (χ2v) is 4.26. The smallest absolute Gasteiger partial charge is 0.222 e. The number of nitrogens with two attached hydrogens (primary N) is 1. The highest BCUT2D eigenvalue weighted by Crippen LogP contribution is 2.30. The number of aliphatic hydroxyl groups is 1. The molecule has 7 nitrogen and oxygen atoms in total. The Labute approximate surface area is 120 Å². The van der Waals surface area contributed by atoms with Crippen molar-refractivity contribution in [1.29, 1.82) is 0 Å². The summed E-state index contributed by atoms with van der Waals surface area (Å²) in [6.07, 6.45) is 1.48. The van der Waals surface area contributed by atoms with Crippen molar-refractivity contribution in [3.8, 4) is 17.1 Å². The van der Waals surface area contributed by atoms with E-state index in [1.165, 1.54) is 13.3 Å². The van der Waals surface area contributed by atoms with Crippen LogP contribution in [0.3, 0.4) is 0 Å².